The molecule has 17 heavy (non-hydrogen) atoms. The van der Waals surface area contributed by atoms with Gasteiger partial charge in [-0.05, 0) is 17.5 Å². The van der Waals surface area contributed by atoms with Crippen molar-refractivity contribution in [3.05, 3.63) is 35.4 Å². The zero-order valence-corrected chi connectivity index (χ0v) is 11.9. The quantitative estimate of drug-likeness (QED) is 0.902. The van der Waals surface area contributed by atoms with Crippen LogP contribution in [0, 0.1) is 0 Å². The molecule has 2 atom stereocenters. The average molecular weight is 268 g/mol. The lowest BCUT2D eigenvalue weighted by Crippen LogP contribution is -2.22. The fourth-order valence-corrected chi connectivity index (χ4v) is 4.88. The van der Waals surface area contributed by atoms with E-state index in [0.29, 0.717) is 5.25 Å². The van der Waals surface area contributed by atoms with Crippen LogP contribution in [0.2, 0.25) is 0 Å². The summed E-state index contributed by atoms with van der Waals surface area (Å²) in [4.78, 5) is 0. The topological polar surface area (TPSA) is 20.2 Å². The SMILES string of the molecule is CCCc1cccc(C(O)C2CSCCS2)c1. The van der Waals surface area contributed by atoms with Crippen LogP contribution in [0.1, 0.15) is 30.6 Å². The van der Waals surface area contributed by atoms with Crippen molar-refractivity contribution in [1.29, 1.82) is 0 Å². The molecule has 0 spiro atoms. The molecule has 0 radical (unpaired) electrons. The Kier molecular flexibility index (Phi) is 5.26. The van der Waals surface area contributed by atoms with Crippen LogP contribution < -0.4 is 0 Å². The molecule has 2 rings (SSSR count). The molecule has 0 aromatic heterocycles. The number of aliphatic hydroxyl groups excluding tert-OH is 1. The smallest absolute Gasteiger partial charge is 0.0916 e. The highest BCUT2D eigenvalue weighted by Gasteiger charge is 2.23. The highest BCUT2D eigenvalue weighted by molar-refractivity contribution is 8.06. The standard InChI is InChI=1S/C14H20OS2/c1-2-4-11-5-3-6-12(9-11)14(15)13-10-16-7-8-17-13/h3,5-6,9,13-15H,2,4,7-8,10H2,1H3. The van der Waals surface area contributed by atoms with Crippen molar-refractivity contribution < 1.29 is 5.11 Å². The monoisotopic (exact) mass is 268 g/mol. The van der Waals surface area contributed by atoms with Gasteiger partial charge in [0.1, 0.15) is 0 Å². The van der Waals surface area contributed by atoms with E-state index in [1.165, 1.54) is 17.1 Å². The summed E-state index contributed by atoms with van der Waals surface area (Å²) < 4.78 is 0. The summed E-state index contributed by atoms with van der Waals surface area (Å²) in [5, 5.41) is 10.8. The third-order valence-corrected chi connectivity index (χ3v) is 5.87. The molecule has 1 fully saturated rings. The van der Waals surface area contributed by atoms with Crippen LogP contribution in [0.5, 0.6) is 0 Å². The molecule has 0 saturated carbocycles. The largest absolute Gasteiger partial charge is 0.387 e. The summed E-state index contributed by atoms with van der Waals surface area (Å²) in [5.74, 6) is 3.47. The summed E-state index contributed by atoms with van der Waals surface area (Å²) in [5.41, 5.74) is 2.44. The Labute approximate surface area is 112 Å². The Hall–Kier alpha value is -0.120. The lowest BCUT2D eigenvalue weighted by molar-refractivity contribution is 0.180. The van der Waals surface area contributed by atoms with E-state index < -0.39 is 0 Å². The van der Waals surface area contributed by atoms with Gasteiger partial charge >= 0.3 is 0 Å². The van der Waals surface area contributed by atoms with Crippen molar-refractivity contribution in [3.8, 4) is 0 Å². The summed E-state index contributed by atoms with van der Waals surface area (Å²) in [6.07, 6.45) is 1.96. The Bertz CT molecular complexity index is 348. The average Bonchev–Trinajstić information content (AvgIpc) is 2.40. The van der Waals surface area contributed by atoms with Crippen LogP contribution in [-0.2, 0) is 6.42 Å². The molecule has 1 nitrogen and oxygen atoms in total. The molecular formula is C14H20OS2. The van der Waals surface area contributed by atoms with Crippen molar-refractivity contribution in [2.24, 2.45) is 0 Å². The third-order valence-electron chi connectivity index (χ3n) is 3.03. The third kappa shape index (κ3) is 3.67. The van der Waals surface area contributed by atoms with Crippen molar-refractivity contribution >= 4 is 23.5 Å². The highest BCUT2D eigenvalue weighted by atomic mass is 32.2. The van der Waals surface area contributed by atoms with Gasteiger partial charge in [0.15, 0.2) is 0 Å². The number of rotatable bonds is 4. The molecule has 0 bridgehead atoms. The summed E-state index contributed by atoms with van der Waals surface area (Å²) >= 11 is 3.87. The highest BCUT2D eigenvalue weighted by Crippen LogP contribution is 2.33. The Morgan fingerprint density at radius 1 is 1.41 bits per heavy atom. The molecule has 1 heterocycles. The van der Waals surface area contributed by atoms with Crippen LogP contribution in [0.15, 0.2) is 24.3 Å². The second kappa shape index (κ2) is 6.72. The Morgan fingerprint density at radius 3 is 3.00 bits per heavy atom. The van der Waals surface area contributed by atoms with Gasteiger partial charge in [-0.1, -0.05) is 37.6 Å². The lowest BCUT2D eigenvalue weighted by Gasteiger charge is -2.26. The maximum absolute atomic E-state index is 10.4. The molecule has 1 saturated heterocycles. The van der Waals surface area contributed by atoms with E-state index in [-0.39, 0.29) is 6.10 Å². The molecule has 1 aromatic carbocycles. The van der Waals surface area contributed by atoms with E-state index in [1.54, 1.807) is 0 Å². The maximum Gasteiger partial charge on any atom is 0.0916 e. The van der Waals surface area contributed by atoms with E-state index in [4.69, 9.17) is 0 Å². The number of aryl methyl sites for hydroxylation is 1. The number of hydrogen-bond acceptors (Lipinski definition) is 3. The van der Waals surface area contributed by atoms with Gasteiger partial charge in [0.05, 0.1) is 6.10 Å². The van der Waals surface area contributed by atoms with Crippen molar-refractivity contribution in [2.75, 3.05) is 17.3 Å². The van der Waals surface area contributed by atoms with Crippen LogP contribution >= 0.6 is 23.5 Å². The molecule has 1 aliphatic rings. The normalized spacial score (nSPS) is 22.4. The first-order valence-corrected chi connectivity index (χ1v) is 8.48. The zero-order chi connectivity index (χ0) is 12.1. The van der Waals surface area contributed by atoms with E-state index in [0.717, 1.165) is 24.2 Å². The minimum Gasteiger partial charge on any atom is -0.387 e. The van der Waals surface area contributed by atoms with Gasteiger partial charge < -0.3 is 5.11 Å². The Balaban J connectivity index is 2.06. The molecular weight excluding hydrogens is 248 g/mol. The first-order valence-electron chi connectivity index (χ1n) is 6.27. The lowest BCUT2D eigenvalue weighted by atomic mass is 10.0. The minimum absolute atomic E-state index is 0.301. The van der Waals surface area contributed by atoms with E-state index in [2.05, 4.69) is 31.2 Å². The first-order chi connectivity index (χ1) is 8.31. The zero-order valence-electron chi connectivity index (χ0n) is 10.3. The van der Waals surface area contributed by atoms with Crippen LogP contribution in [0.4, 0.5) is 0 Å². The van der Waals surface area contributed by atoms with Gasteiger partial charge in [-0.15, -0.1) is 0 Å². The van der Waals surface area contributed by atoms with Gasteiger partial charge in [0.25, 0.3) is 0 Å². The summed E-state index contributed by atoms with van der Waals surface area (Å²) in [6.45, 7) is 2.19. The molecule has 1 N–H and O–H groups in total. The second-order valence-corrected chi connectivity index (χ2v) is 6.92. The van der Waals surface area contributed by atoms with E-state index in [9.17, 15) is 5.11 Å². The first kappa shape index (κ1) is 13.3. The van der Waals surface area contributed by atoms with Crippen LogP contribution in [0.3, 0.4) is 0 Å². The van der Waals surface area contributed by atoms with E-state index >= 15 is 0 Å². The summed E-state index contributed by atoms with van der Waals surface area (Å²) in [6, 6.07) is 8.46. The fourth-order valence-electron chi connectivity index (χ4n) is 2.12. The van der Waals surface area contributed by atoms with Gasteiger partial charge in [-0.25, -0.2) is 0 Å². The number of thioether (sulfide) groups is 2. The fraction of sp³-hybridized carbons (Fsp3) is 0.571. The van der Waals surface area contributed by atoms with Crippen molar-refractivity contribution in [1.82, 2.24) is 0 Å². The molecule has 3 heteroatoms. The minimum atomic E-state index is -0.301. The molecule has 1 aromatic rings. The molecule has 2 unspecified atom stereocenters. The molecule has 0 aliphatic carbocycles. The number of hydrogen-bond donors (Lipinski definition) is 1. The maximum atomic E-state index is 10.4. The molecule has 94 valence electrons. The van der Waals surface area contributed by atoms with Gasteiger partial charge in [0, 0.05) is 22.5 Å². The van der Waals surface area contributed by atoms with Crippen LogP contribution in [-0.4, -0.2) is 27.6 Å². The van der Waals surface area contributed by atoms with Gasteiger partial charge in [-0.2, -0.15) is 23.5 Å². The van der Waals surface area contributed by atoms with Crippen molar-refractivity contribution in [3.63, 3.8) is 0 Å². The van der Waals surface area contributed by atoms with Crippen LogP contribution in [0.25, 0.3) is 0 Å². The number of benzene rings is 1. The molecule has 0 amide bonds. The molecule has 1 aliphatic heterocycles. The predicted molar refractivity (Wildman–Crippen MR) is 79.0 cm³/mol. The van der Waals surface area contributed by atoms with Gasteiger partial charge in [-0.3, -0.25) is 0 Å². The van der Waals surface area contributed by atoms with Gasteiger partial charge in [0.2, 0.25) is 0 Å². The number of aliphatic hydroxyl groups is 1. The summed E-state index contributed by atoms with van der Waals surface area (Å²) in [7, 11) is 0. The predicted octanol–water partition coefficient (Wildman–Crippen LogP) is 3.52. The van der Waals surface area contributed by atoms with Crippen molar-refractivity contribution in [2.45, 2.75) is 31.1 Å². The second-order valence-electron chi connectivity index (χ2n) is 4.42. The van der Waals surface area contributed by atoms with E-state index in [1.807, 2.05) is 23.5 Å². The Morgan fingerprint density at radius 2 is 2.29 bits per heavy atom.